The van der Waals surface area contributed by atoms with Crippen molar-refractivity contribution in [3.63, 3.8) is 0 Å². The highest BCUT2D eigenvalue weighted by Gasteiger charge is 1.94. The van der Waals surface area contributed by atoms with Gasteiger partial charge in [0.05, 0.1) is 6.61 Å². The van der Waals surface area contributed by atoms with Gasteiger partial charge in [0.2, 0.25) is 5.91 Å². The van der Waals surface area contributed by atoms with Crippen LogP contribution in [0.5, 0.6) is 0 Å². The number of rotatable bonds is 2. The molecule has 63 valence electrons. The molecule has 0 saturated carbocycles. The molecule has 1 aromatic rings. The van der Waals surface area contributed by atoms with Gasteiger partial charge in [0.1, 0.15) is 0 Å². The van der Waals surface area contributed by atoms with Crippen molar-refractivity contribution in [2.75, 3.05) is 5.32 Å². The van der Waals surface area contributed by atoms with Crippen molar-refractivity contribution in [1.82, 2.24) is 0 Å². The van der Waals surface area contributed by atoms with Gasteiger partial charge in [-0.15, -0.1) is 0 Å². The summed E-state index contributed by atoms with van der Waals surface area (Å²) in [7, 11) is 0. The Morgan fingerprint density at radius 2 is 2.00 bits per heavy atom. The fraction of sp³-hybridized carbons (Fsp3) is 0.111. The fourth-order valence-corrected chi connectivity index (χ4v) is 0.854. The maximum Gasteiger partial charge on any atom is 0.224 e. The third-order valence-corrected chi connectivity index (χ3v) is 1.42. The first-order chi connectivity index (χ1) is 5.72. The molecule has 0 unspecified atom stereocenters. The first kappa shape index (κ1) is 8.74. The summed E-state index contributed by atoms with van der Waals surface area (Å²) in [5.41, 5.74) is 1.50. The average molecular weight is 164 g/mol. The van der Waals surface area contributed by atoms with Crippen LogP contribution in [-0.2, 0) is 11.4 Å². The zero-order valence-corrected chi connectivity index (χ0v) is 6.58. The topological polar surface area (TPSA) is 49.3 Å². The van der Waals surface area contributed by atoms with Crippen molar-refractivity contribution >= 4 is 11.6 Å². The molecule has 1 amide bonds. The highest BCUT2D eigenvalue weighted by atomic mass is 16.3. The van der Waals surface area contributed by atoms with E-state index in [0.717, 1.165) is 5.56 Å². The SMILES string of the molecule is [CH2]C(=O)Nc1ccc(CO)cc1. The molecule has 0 heterocycles. The van der Waals surface area contributed by atoms with Crippen LogP contribution in [0.15, 0.2) is 24.3 Å². The molecule has 3 nitrogen and oxygen atoms in total. The summed E-state index contributed by atoms with van der Waals surface area (Å²) in [6, 6.07) is 6.92. The zero-order valence-electron chi connectivity index (χ0n) is 6.58. The summed E-state index contributed by atoms with van der Waals surface area (Å²) in [6.07, 6.45) is 0. The van der Waals surface area contributed by atoms with E-state index in [2.05, 4.69) is 12.2 Å². The Morgan fingerprint density at radius 1 is 1.42 bits per heavy atom. The predicted octanol–water partition coefficient (Wildman–Crippen LogP) is 0.951. The second-order valence-electron chi connectivity index (χ2n) is 2.40. The molecule has 0 aliphatic carbocycles. The summed E-state index contributed by atoms with van der Waals surface area (Å²) in [4.78, 5) is 10.5. The Bertz CT molecular complexity index is 266. The Balaban J connectivity index is 2.71. The lowest BCUT2D eigenvalue weighted by Gasteiger charge is -2.01. The van der Waals surface area contributed by atoms with Gasteiger partial charge in [0.15, 0.2) is 0 Å². The van der Waals surface area contributed by atoms with Crippen LogP contribution in [0.25, 0.3) is 0 Å². The molecule has 1 rings (SSSR count). The minimum Gasteiger partial charge on any atom is -0.392 e. The lowest BCUT2D eigenvalue weighted by Crippen LogP contribution is -2.05. The van der Waals surface area contributed by atoms with E-state index in [0.29, 0.717) is 5.69 Å². The minimum absolute atomic E-state index is 0.0125. The molecule has 1 radical (unpaired) electrons. The number of aliphatic hydroxyl groups is 1. The van der Waals surface area contributed by atoms with Crippen LogP contribution in [0.1, 0.15) is 5.56 Å². The fourth-order valence-electron chi connectivity index (χ4n) is 0.854. The smallest absolute Gasteiger partial charge is 0.224 e. The number of nitrogens with one attached hydrogen (secondary N) is 1. The maximum atomic E-state index is 10.5. The second-order valence-corrected chi connectivity index (χ2v) is 2.40. The van der Waals surface area contributed by atoms with Gasteiger partial charge in [0.25, 0.3) is 0 Å². The predicted molar refractivity (Wildman–Crippen MR) is 46.4 cm³/mol. The third-order valence-electron chi connectivity index (χ3n) is 1.42. The van der Waals surface area contributed by atoms with Crippen LogP contribution in [0.4, 0.5) is 5.69 Å². The number of hydrogen-bond donors (Lipinski definition) is 2. The number of hydrogen-bond acceptors (Lipinski definition) is 2. The molecule has 0 saturated heterocycles. The van der Waals surface area contributed by atoms with Gasteiger partial charge in [-0.25, -0.2) is 0 Å². The summed E-state index contributed by atoms with van der Waals surface area (Å²) in [6.45, 7) is 3.19. The summed E-state index contributed by atoms with van der Waals surface area (Å²) in [5.74, 6) is -0.341. The van der Waals surface area contributed by atoms with E-state index in [1.165, 1.54) is 0 Å². The van der Waals surface area contributed by atoms with Gasteiger partial charge in [-0.3, -0.25) is 4.79 Å². The summed E-state index contributed by atoms with van der Waals surface area (Å²) in [5, 5.41) is 11.2. The van der Waals surface area contributed by atoms with Gasteiger partial charge in [-0.2, -0.15) is 0 Å². The van der Waals surface area contributed by atoms with E-state index in [-0.39, 0.29) is 12.5 Å². The Kier molecular flexibility index (Phi) is 2.82. The van der Waals surface area contributed by atoms with Crippen molar-refractivity contribution in [3.8, 4) is 0 Å². The second kappa shape index (κ2) is 3.88. The van der Waals surface area contributed by atoms with E-state index >= 15 is 0 Å². The number of amides is 1. The summed E-state index contributed by atoms with van der Waals surface area (Å²) >= 11 is 0. The van der Waals surface area contributed by atoms with Crippen molar-refractivity contribution in [1.29, 1.82) is 0 Å². The Morgan fingerprint density at radius 3 is 2.42 bits per heavy atom. The van der Waals surface area contributed by atoms with Crippen LogP contribution in [0, 0.1) is 6.92 Å². The first-order valence-corrected chi connectivity index (χ1v) is 3.55. The highest BCUT2D eigenvalue weighted by Crippen LogP contribution is 2.08. The highest BCUT2D eigenvalue weighted by molar-refractivity contribution is 5.93. The first-order valence-electron chi connectivity index (χ1n) is 3.55. The number of aliphatic hydroxyl groups excluding tert-OH is 1. The van der Waals surface area contributed by atoms with Gasteiger partial charge in [-0.05, 0) is 17.7 Å². The van der Waals surface area contributed by atoms with Crippen LogP contribution in [-0.4, -0.2) is 11.0 Å². The molecule has 0 atom stereocenters. The lowest BCUT2D eigenvalue weighted by atomic mass is 10.2. The number of benzene rings is 1. The van der Waals surface area contributed by atoms with Gasteiger partial charge in [0, 0.05) is 12.6 Å². The maximum absolute atomic E-state index is 10.5. The van der Waals surface area contributed by atoms with Crippen LogP contribution in [0.3, 0.4) is 0 Å². The Labute approximate surface area is 71.0 Å². The monoisotopic (exact) mass is 164 g/mol. The molecule has 0 fully saturated rings. The zero-order chi connectivity index (χ0) is 8.97. The van der Waals surface area contributed by atoms with Crippen molar-refractivity contribution < 1.29 is 9.90 Å². The van der Waals surface area contributed by atoms with Gasteiger partial charge >= 0.3 is 0 Å². The van der Waals surface area contributed by atoms with Crippen LogP contribution < -0.4 is 5.32 Å². The van der Waals surface area contributed by atoms with Crippen LogP contribution >= 0.6 is 0 Å². The molecular weight excluding hydrogens is 154 g/mol. The van der Waals surface area contributed by atoms with Crippen molar-refractivity contribution in [2.24, 2.45) is 0 Å². The van der Waals surface area contributed by atoms with Crippen molar-refractivity contribution in [2.45, 2.75) is 6.61 Å². The number of carbonyl (C=O) groups is 1. The standard InChI is InChI=1S/C9H10NO2/c1-7(12)10-9-4-2-8(6-11)3-5-9/h2-5,11H,1,6H2,(H,10,12). The largest absolute Gasteiger partial charge is 0.392 e. The molecule has 3 heteroatoms. The number of carbonyl (C=O) groups excluding carboxylic acids is 1. The minimum atomic E-state index is -0.341. The van der Waals surface area contributed by atoms with Crippen LogP contribution in [0.2, 0.25) is 0 Å². The normalized spacial score (nSPS) is 9.50. The van der Waals surface area contributed by atoms with Gasteiger partial charge in [-0.1, -0.05) is 12.1 Å². The Hall–Kier alpha value is -1.35. The molecule has 1 aromatic carbocycles. The molecule has 0 aromatic heterocycles. The molecule has 0 aliphatic heterocycles. The average Bonchev–Trinajstić information content (AvgIpc) is 2.05. The lowest BCUT2D eigenvalue weighted by molar-refractivity contribution is -0.112. The summed E-state index contributed by atoms with van der Waals surface area (Å²) < 4.78 is 0. The molecule has 0 bridgehead atoms. The molecule has 12 heavy (non-hydrogen) atoms. The third kappa shape index (κ3) is 2.36. The quantitative estimate of drug-likeness (QED) is 0.683. The molecule has 0 aliphatic rings. The number of anilines is 1. The van der Waals surface area contributed by atoms with E-state index in [4.69, 9.17) is 5.11 Å². The van der Waals surface area contributed by atoms with E-state index in [1.807, 2.05) is 0 Å². The van der Waals surface area contributed by atoms with E-state index in [1.54, 1.807) is 24.3 Å². The van der Waals surface area contributed by atoms with E-state index < -0.39 is 0 Å². The molecule has 2 N–H and O–H groups in total. The molecule has 0 spiro atoms. The van der Waals surface area contributed by atoms with Crippen molar-refractivity contribution in [3.05, 3.63) is 36.8 Å². The van der Waals surface area contributed by atoms with Gasteiger partial charge < -0.3 is 10.4 Å². The van der Waals surface area contributed by atoms with E-state index in [9.17, 15) is 4.79 Å². The molecular formula is C9H10NO2.